The number of hydrogen-bond donors (Lipinski definition) is 4. The molecule has 0 spiro atoms. The summed E-state index contributed by atoms with van der Waals surface area (Å²) >= 11 is 0. The second kappa shape index (κ2) is 71.8. The van der Waals surface area contributed by atoms with Gasteiger partial charge in [0.25, 0.3) is 0 Å². The molecule has 16 nitrogen and oxygen atoms in total. The lowest BCUT2D eigenvalue weighted by atomic mass is 10.0. The topological polar surface area (TPSA) is 231 Å². The zero-order valence-corrected chi connectivity index (χ0v) is 62.5. The van der Waals surface area contributed by atoms with Crippen LogP contribution in [0.15, 0.2) is 122 Å². The fourth-order valence-electron chi connectivity index (χ4n) is 9.87. The van der Waals surface area contributed by atoms with Crippen LogP contribution in [0.2, 0.25) is 0 Å². The maximum absolute atomic E-state index is 12.9. The summed E-state index contributed by atoms with van der Waals surface area (Å²) in [6.45, 7) is 2.49. The Morgan fingerprint density at radius 1 is 0.299 bits per heavy atom. The number of allylic oxidation sites excluding steroid dienone is 20. The predicted molar refractivity (Wildman–Crippen MR) is 399 cm³/mol. The van der Waals surface area contributed by atoms with Crippen molar-refractivity contribution >= 4 is 33.6 Å². The number of carbonyl (C=O) groups excluding carboxylic acids is 3. The summed E-state index contributed by atoms with van der Waals surface area (Å²) in [7, 11) is -9.79. The Bertz CT molecular complexity index is 2250. The molecule has 18 heteroatoms. The molecule has 5 atom stereocenters. The Morgan fingerprint density at radius 3 is 0.897 bits per heavy atom. The van der Waals surface area contributed by atoms with Gasteiger partial charge in [-0.05, 0) is 135 Å². The molecular weight excluding hydrogens is 1270 g/mol. The van der Waals surface area contributed by atoms with Crippen LogP contribution in [0.5, 0.6) is 0 Å². The highest BCUT2D eigenvalue weighted by Crippen LogP contribution is 2.45. The SMILES string of the molecule is CC/C=C\C/C=C\C/C=C\C/C=C\C/C=C\CCCCCCCC(=O)OCC(COP(=O)(O)OCC(O)COP(=O)(O)OCC(O)COC(=O)CCCCCCCCCCCCC/C=C\C/C=C\C/C=C\C/C=C\CCCCC)OC(=O)CCCCCCC/C=C\CCCCCC. The van der Waals surface area contributed by atoms with Gasteiger partial charge in [-0.25, -0.2) is 9.13 Å². The number of hydrogen-bond acceptors (Lipinski definition) is 14. The Balaban J connectivity index is 4.55. The first-order chi connectivity index (χ1) is 47.2. The monoisotopic (exact) mass is 1400 g/mol. The third-order valence-corrected chi connectivity index (χ3v) is 17.5. The van der Waals surface area contributed by atoms with Gasteiger partial charge in [0.05, 0.1) is 26.4 Å². The third kappa shape index (κ3) is 73.0. The van der Waals surface area contributed by atoms with Crippen LogP contribution in [0.25, 0.3) is 0 Å². The van der Waals surface area contributed by atoms with Crippen LogP contribution in [0.3, 0.4) is 0 Å². The first kappa shape index (κ1) is 93.0. The van der Waals surface area contributed by atoms with Crippen molar-refractivity contribution < 1.29 is 75.8 Å². The van der Waals surface area contributed by atoms with Gasteiger partial charge in [0.1, 0.15) is 25.4 Å². The summed E-state index contributed by atoms with van der Waals surface area (Å²) in [5.41, 5.74) is 0. The maximum atomic E-state index is 12.9. The molecular formula is C79H136O16P2. The maximum Gasteiger partial charge on any atom is 0.472 e. The lowest BCUT2D eigenvalue weighted by Crippen LogP contribution is -2.30. The van der Waals surface area contributed by atoms with Crippen molar-refractivity contribution in [3.63, 3.8) is 0 Å². The number of phosphoric acid groups is 2. The minimum Gasteiger partial charge on any atom is -0.463 e. The molecule has 0 heterocycles. The average Bonchev–Trinajstić information content (AvgIpc) is 2.14. The number of aliphatic hydroxyl groups excluding tert-OH is 2. The second-order valence-corrected chi connectivity index (χ2v) is 28.0. The standard InChI is InChI=1S/C79H136O16P2/c1-4-7-10-13-16-19-22-25-27-29-31-33-34-35-36-37-38-40-42-43-45-48-50-53-56-59-62-65-77(82)89-68-74(80)69-91-96(85,86)92-70-75(81)71-93-97(87,88)94-73-76(95-79(84)67-64-61-58-55-52-47-24-21-18-15-12-9-6-3)72-90-78(83)66-63-60-57-54-51-49-46-44-41-39-32-30-28-26-23-20-17-14-11-8-5-2/h8,11,16-17,19-21,24-28,31-33,35-36,39,44,46,74-76,80-81H,4-7,9-10,12-15,18,22-23,29-30,34,37-38,40-43,45,47-73H2,1-3H3,(H,85,86)(H,87,88)/b11-8-,19-16-,20-17-,24-21-,27-25-,28-26-,33-31-,36-35-,39-32-,46-44-. The molecule has 0 aromatic carbocycles. The minimum atomic E-state index is -4.93. The number of aliphatic hydroxyl groups is 2. The fraction of sp³-hybridized carbons (Fsp3) is 0.709. The van der Waals surface area contributed by atoms with E-state index in [1.54, 1.807) is 0 Å². The highest BCUT2D eigenvalue weighted by molar-refractivity contribution is 7.47. The van der Waals surface area contributed by atoms with Crippen molar-refractivity contribution in [3.8, 4) is 0 Å². The van der Waals surface area contributed by atoms with E-state index >= 15 is 0 Å². The van der Waals surface area contributed by atoms with Crippen molar-refractivity contribution in [3.05, 3.63) is 122 Å². The number of ether oxygens (including phenoxy) is 3. The van der Waals surface area contributed by atoms with Gasteiger partial charge in [-0.3, -0.25) is 32.5 Å². The molecule has 0 saturated carbocycles. The lowest BCUT2D eigenvalue weighted by molar-refractivity contribution is -0.161. The van der Waals surface area contributed by atoms with Crippen LogP contribution in [0.4, 0.5) is 0 Å². The molecule has 0 aromatic heterocycles. The minimum absolute atomic E-state index is 0.0877. The van der Waals surface area contributed by atoms with E-state index in [1.807, 2.05) is 0 Å². The quantitative estimate of drug-likeness (QED) is 0.0146. The molecule has 4 N–H and O–H groups in total. The van der Waals surface area contributed by atoms with Crippen LogP contribution in [0.1, 0.15) is 303 Å². The number of unbranched alkanes of at least 4 members (excludes halogenated alkanes) is 28. The van der Waals surface area contributed by atoms with Crippen molar-refractivity contribution in [2.24, 2.45) is 0 Å². The number of phosphoric ester groups is 2. The number of rotatable bonds is 71. The van der Waals surface area contributed by atoms with Gasteiger partial charge < -0.3 is 34.2 Å². The molecule has 0 aliphatic rings. The normalized spacial score (nSPS) is 14.8. The first-order valence-corrected chi connectivity index (χ1v) is 40.8. The zero-order valence-electron chi connectivity index (χ0n) is 60.7. The molecule has 0 aliphatic carbocycles. The molecule has 0 bridgehead atoms. The van der Waals surface area contributed by atoms with Gasteiger partial charge in [-0.15, -0.1) is 0 Å². The van der Waals surface area contributed by atoms with Crippen LogP contribution >= 0.6 is 15.6 Å². The van der Waals surface area contributed by atoms with E-state index in [4.69, 9.17) is 32.3 Å². The lowest BCUT2D eigenvalue weighted by Gasteiger charge is -2.21. The molecule has 0 fully saturated rings. The van der Waals surface area contributed by atoms with Gasteiger partial charge in [0.2, 0.25) is 0 Å². The summed E-state index contributed by atoms with van der Waals surface area (Å²) in [5.74, 6) is -1.61. The van der Waals surface area contributed by atoms with E-state index in [0.717, 1.165) is 148 Å². The summed E-state index contributed by atoms with van der Waals surface area (Å²) in [5, 5.41) is 20.6. The van der Waals surface area contributed by atoms with Crippen LogP contribution in [-0.4, -0.2) is 95.9 Å². The first-order valence-electron chi connectivity index (χ1n) is 37.8. The summed E-state index contributed by atoms with van der Waals surface area (Å²) in [4.78, 5) is 58.5. The smallest absolute Gasteiger partial charge is 0.463 e. The van der Waals surface area contributed by atoms with Gasteiger partial charge in [-0.2, -0.15) is 0 Å². The van der Waals surface area contributed by atoms with E-state index in [0.29, 0.717) is 19.3 Å². The van der Waals surface area contributed by atoms with Crippen LogP contribution < -0.4 is 0 Å². The van der Waals surface area contributed by atoms with Crippen molar-refractivity contribution in [1.29, 1.82) is 0 Å². The highest BCUT2D eigenvalue weighted by Gasteiger charge is 2.29. The highest BCUT2D eigenvalue weighted by atomic mass is 31.2. The van der Waals surface area contributed by atoms with E-state index in [2.05, 4.69) is 142 Å². The van der Waals surface area contributed by atoms with E-state index < -0.39 is 91.5 Å². The predicted octanol–water partition coefficient (Wildman–Crippen LogP) is 21.8. The van der Waals surface area contributed by atoms with Gasteiger partial charge in [0, 0.05) is 19.3 Å². The summed E-state index contributed by atoms with van der Waals surface area (Å²) in [6.07, 6.45) is 83.9. The molecule has 97 heavy (non-hydrogen) atoms. The molecule has 0 rings (SSSR count). The van der Waals surface area contributed by atoms with Crippen LogP contribution in [-0.2, 0) is 55.8 Å². The molecule has 0 aromatic rings. The number of carbonyl (C=O) groups is 3. The van der Waals surface area contributed by atoms with E-state index in [9.17, 15) is 43.5 Å². The molecule has 0 saturated heterocycles. The Kier molecular flexibility index (Phi) is 68.8. The van der Waals surface area contributed by atoms with E-state index in [-0.39, 0.29) is 19.3 Å². The van der Waals surface area contributed by atoms with Gasteiger partial charge >= 0.3 is 33.6 Å². The molecule has 558 valence electrons. The summed E-state index contributed by atoms with van der Waals surface area (Å²) < 4.78 is 61.0. The molecule has 0 amide bonds. The summed E-state index contributed by atoms with van der Waals surface area (Å²) in [6, 6.07) is 0. The van der Waals surface area contributed by atoms with Crippen LogP contribution in [0, 0.1) is 0 Å². The van der Waals surface area contributed by atoms with Gasteiger partial charge in [0.15, 0.2) is 6.10 Å². The van der Waals surface area contributed by atoms with Crippen molar-refractivity contribution in [2.45, 2.75) is 322 Å². The molecule has 0 radical (unpaired) electrons. The average molecular weight is 1400 g/mol. The van der Waals surface area contributed by atoms with E-state index in [1.165, 1.54) is 96.3 Å². The molecule has 0 aliphatic heterocycles. The third-order valence-electron chi connectivity index (χ3n) is 15.6. The molecule has 5 unspecified atom stereocenters. The van der Waals surface area contributed by atoms with Crippen molar-refractivity contribution in [2.75, 3.05) is 39.6 Å². The second-order valence-electron chi connectivity index (χ2n) is 25.1. The Labute approximate surface area is 589 Å². The fourth-order valence-corrected chi connectivity index (χ4v) is 11.5. The number of esters is 3. The zero-order chi connectivity index (χ0) is 70.9. The largest absolute Gasteiger partial charge is 0.472 e. The van der Waals surface area contributed by atoms with Crippen molar-refractivity contribution in [1.82, 2.24) is 0 Å². The van der Waals surface area contributed by atoms with Gasteiger partial charge in [-0.1, -0.05) is 271 Å². The Morgan fingerprint density at radius 2 is 0.546 bits per heavy atom. The Hall–Kier alpha value is -4.05.